The van der Waals surface area contributed by atoms with E-state index in [-0.39, 0.29) is 34.5 Å². The van der Waals surface area contributed by atoms with E-state index in [1.165, 1.54) is 56.6 Å². The monoisotopic (exact) mass is 426 g/mol. The zero-order valence-electron chi connectivity index (χ0n) is 18.5. The van der Waals surface area contributed by atoms with Crippen molar-refractivity contribution in [3.05, 3.63) is 41.5 Å². The van der Waals surface area contributed by atoms with Gasteiger partial charge in [0.15, 0.2) is 0 Å². The molecule has 0 saturated heterocycles. The number of benzene rings is 2. The predicted octanol–water partition coefficient (Wildman–Crippen LogP) is 3.77. The molecule has 0 aromatic heterocycles. The van der Waals surface area contributed by atoms with Gasteiger partial charge in [-0.25, -0.2) is 8.42 Å². The second-order valence-electron chi connectivity index (χ2n) is 7.89. The van der Waals surface area contributed by atoms with Crippen molar-refractivity contribution in [1.29, 1.82) is 0 Å². The zero-order valence-corrected chi connectivity index (χ0v) is 21.3. The molecule has 0 N–H and O–H groups in total. The summed E-state index contributed by atoms with van der Waals surface area (Å²) in [5, 5.41) is 1.52. The molecule has 0 aliphatic heterocycles. The SMILES string of the molecule is CCCCCCCc1cc(CCCCCCC)c2c(S(=O)(=O)[O-])cccc2c1.[Na+]. The number of aryl methyl sites for hydroxylation is 2. The molecule has 0 unspecified atom stereocenters. The molecule has 0 saturated carbocycles. The average molecular weight is 427 g/mol. The van der Waals surface area contributed by atoms with Crippen LogP contribution in [-0.4, -0.2) is 13.0 Å². The molecule has 0 bridgehead atoms. The first-order valence-corrected chi connectivity index (χ1v) is 12.4. The van der Waals surface area contributed by atoms with Crippen LogP contribution in [0.1, 0.15) is 89.2 Å². The Bertz CT molecular complexity index is 847. The second kappa shape index (κ2) is 13.8. The molecule has 2 rings (SSSR count). The first-order chi connectivity index (χ1) is 13.5. The molecule has 3 nitrogen and oxygen atoms in total. The summed E-state index contributed by atoms with van der Waals surface area (Å²) in [5.74, 6) is 0. The van der Waals surface area contributed by atoms with Crippen molar-refractivity contribution in [3.63, 3.8) is 0 Å². The molecule has 0 radical (unpaired) electrons. The van der Waals surface area contributed by atoms with Crippen LogP contribution in [0.4, 0.5) is 0 Å². The fourth-order valence-electron chi connectivity index (χ4n) is 3.95. The summed E-state index contributed by atoms with van der Waals surface area (Å²) in [6.07, 6.45) is 13.8. The minimum atomic E-state index is -4.48. The average Bonchev–Trinajstić information content (AvgIpc) is 2.66. The maximum Gasteiger partial charge on any atom is 1.00 e. The fraction of sp³-hybridized carbons (Fsp3) is 0.583. The van der Waals surface area contributed by atoms with Crippen LogP contribution in [0, 0.1) is 0 Å². The van der Waals surface area contributed by atoms with E-state index >= 15 is 0 Å². The number of unbranched alkanes of at least 4 members (excludes halogenated alkanes) is 8. The van der Waals surface area contributed by atoms with Gasteiger partial charge in [-0.05, 0) is 48.3 Å². The summed E-state index contributed by atoms with van der Waals surface area (Å²) in [7, 11) is -4.48. The van der Waals surface area contributed by atoms with Crippen LogP contribution in [0.5, 0.6) is 0 Å². The van der Waals surface area contributed by atoms with Crippen LogP contribution in [0.25, 0.3) is 10.8 Å². The van der Waals surface area contributed by atoms with Crippen LogP contribution in [0.3, 0.4) is 0 Å². The van der Waals surface area contributed by atoms with Gasteiger partial charge in [0.25, 0.3) is 0 Å². The Balaban J connectivity index is 0.00000420. The molecule has 0 amide bonds. The molecule has 0 fully saturated rings. The Morgan fingerprint density at radius 2 is 1.38 bits per heavy atom. The van der Waals surface area contributed by atoms with Crippen LogP contribution < -0.4 is 29.6 Å². The van der Waals surface area contributed by atoms with E-state index < -0.39 is 10.1 Å². The molecular weight excluding hydrogens is 391 g/mol. The van der Waals surface area contributed by atoms with Crippen LogP contribution >= 0.6 is 0 Å². The third-order valence-electron chi connectivity index (χ3n) is 5.47. The molecule has 0 aliphatic carbocycles. The number of hydrogen-bond donors (Lipinski definition) is 0. The first-order valence-electron chi connectivity index (χ1n) is 11.0. The molecule has 0 atom stereocenters. The minimum absolute atomic E-state index is 0. The normalized spacial score (nSPS) is 11.6. The molecule has 2 aromatic carbocycles. The van der Waals surface area contributed by atoms with Gasteiger partial charge in [-0.15, -0.1) is 0 Å². The zero-order chi connectivity index (χ0) is 20.4. The van der Waals surface area contributed by atoms with Crippen molar-refractivity contribution >= 4 is 20.9 Å². The van der Waals surface area contributed by atoms with E-state index in [1.807, 2.05) is 6.07 Å². The van der Waals surface area contributed by atoms with E-state index in [2.05, 4.69) is 26.0 Å². The van der Waals surface area contributed by atoms with Gasteiger partial charge >= 0.3 is 29.6 Å². The van der Waals surface area contributed by atoms with Crippen LogP contribution in [-0.2, 0) is 23.0 Å². The Labute approximate surface area is 199 Å². The third-order valence-corrected chi connectivity index (χ3v) is 6.35. The Morgan fingerprint density at radius 1 is 0.793 bits per heavy atom. The Kier molecular flexibility index (Phi) is 12.7. The molecule has 0 heterocycles. The molecule has 5 heteroatoms. The minimum Gasteiger partial charge on any atom is -0.744 e. The van der Waals surface area contributed by atoms with E-state index in [0.29, 0.717) is 5.39 Å². The number of rotatable bonds is 13. The third kappa shape index (κ3) is 8.70. The fourth-order valence-corrected chi connectivity index (χ4v) is 4.70. The van der Waals surface area contributed by atoms with Gasteiger partial charge < -0.3 is 4.55 Å². The van der Waals surface area contributed by atoms with Gasteiger partial charge in [0, 0.05) is 5.39 Å². The molecule has 2 aromatic rings. The quantitative estimate of drug-likeness (QED) is 0.278. The van der Waals surface area contributed by atoms with Crippen molar-refractivity contribution in [3.8, 4) is 0 Å². The van der Waals surface area contributed by atoms with Crippen LogP contribution in [0.2, 0.25) is 0 Å². The van der Waals surface area contributed by atoms with E-state index in [4.69, 9.17) is 0 Å². The Hall–Kier alpha value is -0.390. The Morgan fingerprint density at radius 3 is 1.97 bits per heavy atom. The van der Waals surface area contributed by atoms with Crippen molar-refractivity contribution in [2.24, 2.45) is 0 Å². The maximum atomic E-state index is 11.8. The van der Waals surface area contributed by atoms with Crippen molar-refractivity contribution in [1.82, 2.24) is 0 Å². The van der Waals surface area contributed by atoms with Gasteiger partial charge in [0.1, 0.15) is 10.1 Å². The van der Waals surface area contributed by atoms with Gasteiger partial charge in [-0.2, -0.15) is 0 Å². The summed E-state index contributed by atoms with van der Waals surface area (Å²) in [4.78, 5) is -0.0666. The summed E-state index contributed by atoms with van der Waals surface area (Å²) in [6, 6.07) is 9.30. The van der Waals surface area contributed by atoms with Crippen molar-refractivity contribution in [2.45, 2.75) is 95.8 Å². The maximum absolute atomic E-state index is 11.8. The topological polar surface area (TPSA) is 57.2 Å². The number of hydrogen-bond acceptors (Lipinski definition) is 3. The molecule has 156 valence electrons. The van der Waals surface area contributed by atoms with Gasteiger partial charge in [-0.3, -0.25) is 0 Å². The van der Waals surface area contributed by atoms with Crippen molar-refractivity contribution in [2.75, 3.05) is 0 Å². The van der Waals surface area contributed by atoms with Gasteiger partial charge in [0.05, 0.1) is 4.90 Å². The second-order valence-corrected chi connectivity index (χ2v) is 9.24. The first kappa shape index (κ1) is 26.6. The predicted molar refractivity (Wildman–Crippen MR) is 117 cm³/mol. The smallest absolute Gasteiger partial charge is 0.744 e. The summed E-state index contributed by atoms with van der Waals surface area (Å²) in [5.41, 5.74) is 2.28. The van der Waals surface area contributed by atoms with Gasteiger partial charge in [-0.1, -0.05) is 89.5 Å². The van der Waals surface area contributed by atoms with Crippen molar-refractivity contribution < 1.29 is 42.5 Å². The molecule has 0 aliphatic rings. The largest absolute Gasteiger partial charge is 1.00 e. The molecule has 29 heavy (non-hydrogen) atoms. The molecule has 0 spiro atoms. The van der Waals surface area contributed by atoms with Gasteiger partial charge in [0.2, 0.25) is 0 Å². The summed E-state index contributed by atoms with van der Waals surface area (Å²) in [6.45, 7) is 4.42. The standard InChI is InChI=1S/C24H36O3S.Na/c1-3-5-7-9-11-14-20-18-21(15-12-10-8-6-4-2)24-22(19-20)16-13-17-23(24)28(25,26)27;/h13,16-19H,3-12,14-15H2,1-2H3,(H,25,26,27);/q;+1/p-1. The van der Waals surface area contributed by atoms with E-state index in [9.17, 15) is 13.0 Å². The summed E-state index contributed by atoms with van der Waals surface area (Å²) < 4.78 is 35.4. The van der Waals surface area contributed by atoms with E-state index in [0.717, 1.165) is 43.1 Å². The van der Waals surface area contributed by atoms with E-state index in [1.54, 1.807) is 6.07 Å². The summed E-state index contributed by atoms with van der Waals surface area (Å²) >= 11 is 0. The molecular formula is C24H35NaO3S. The number of fused-ring (bicyclic) bond motifs is 1. The van der Waals surface area contributed by atoms with Crippen LogP contribution in [0.15, 0.2) is 35.2 Å².